The molecule has 0 aliphatic rings. The van der Waals surface area contributed by atoms with Crippen molar-refractivity contribution >= 4 is 23.2 Å². The van der Waals surface area contributed by atoms with Crippen LogP contribution in [0.5, 0.6) is 0 Å². The fraction of sp³-hybridized carbons (Fsp3) is 0.125. The summed E-state index contributed by atoms with van der Waals surface area (Å²) in [6.07, 6.45) is 0. The minimum atomic E-state index is -0.240. The predicted octanol–water partition coefficient (Wildman–Crippen LogP) is 4.14. The molecular weight excluding hydrogens is 362 g/mol. The van der Waals surface area contributed by atoms with Crippen LogP contribution < -0.4 is 9.80 Å². The Labute approximate surface area is 170 Å². The highest BCUT2D eigenvalue weighted by Gasteiger charge is 2.22. The molecule has 3 aromatic carbocycles. The molecule has 3 rings (SSSR count). The number of carbonyl (C=O) groups is 2. The van der Waals surface area contributed by atoms with E-state index in [1.165, 1.54) is 11.8 Å². The summed E-state index contributed by atoms with van der Waals surface area (Å²) in [5.74, 6) is -0.435. The van der Waals surface area contributed by atoms with E-state index in [4.69, 9.17) is 5.26 Å². The summed E-state index contributed by atoms with van der Waals surface area (Å²) < 4.78 is 0. The monoisotopic (exact) mass is 383 g/mol. The topological polar surface area (TPSA) is 64.4 Å². The molecule has 0 aliphatic carbocycles. The Morgan fingerprint density at radius 3 is 1.90 bits per heavy atom. The summed E-state index contributed by atoms with van der Waals surface area (Å²) in [6, 6.07) is 27.8. The zero-order valence-electron chi connectivity index (χ0n) is 16.2. The third-order valence-corrected chi connectivity index (χ3v) is 4.53. The molecule has 5 heteroatoms. The van der Waals surface area contributed by atoms with Crippen molar-refractivity contribution in [3.05, 3.63) is 96.1 Å². The molecule has 29 heavy (non-hydrogen) atoms. The largest absolute Gasteiger partial charge is 0.306 e. The average molecular weight is 383 g/mol. The first-order valence-corrected chi connectivity index (χ1v) is 9.26. The average Bonchev–Trinajstić information content (AvgIpc) is 2.77. The molecule has 0 radical (unpaired) electrons. The van der Waals surface area contributed by atoms with Crippen LogP contribution >= 0.6 is 0 Å². The van der Waals surface area contributed by atoms with Crippen LogP contribution in [0.4, 0.5) is 11.4 Å². The molecule has 3 aromatic rings. The summed E-state index contributed by atoms with van der Waals surface area (Å²) >= 11 is 0. The van der Waals surface area contributed by atoms with Crippen LogP contribution in [0.2, 0.25) is 0 Å². The van der Waals surface area contributed by atoms with Gasteiger partial charge in [0.05, 0.1) is 18.2 Å². The van der Waals surface area contributed by atoms with E-state index < -0.39 is 0 Å². The Bertz CT molecular complexity index is 1010. The van der Waals surface area contributed by atoms with Crippen molar-refractivity contribution in [2.24, 2.45) is 0 Å². The maximum absolute atomic E-state index is 13.2. The van der Waals surface area contributed by atoms with Crippen molar-refractivity contribution < 1.29 is 9.59 Å². The number of rotatable bonds is 6. The fourth-order valence-corrected chi connectivity index (χ4v) is 3.02. The van der Waals surface area contributed by atoms with Crippen molar-refractivity contribution in [1.82, 2.24) is 0 Å². The minimum Gasteiger partial charge on any atom is -0.306 e. The van der Waals surface area contributed by atoms with Gasteiger partial charge in [-0.2, -0.15) is 5.26 Å². The second-order valence-electron chi connectivity index (χ2n) is 6.56. The van der Waals surface area contributed by atoms with E-state index in [0.717, 1.165) is 11.3 Å². The number of nitriles is 1. The van der Waals surface area contributed by atoms with E-state index in [0.29, 0.717) is 17.8 Å². The number of anilines is 2. The van der Waals surface area contributed by atoms with Gasteiger partial charge in [-0.3, -0.25) is 9.59 Å². The predicted molar refractivity (Wildman–Crippen MR) is 113 cm³/mol. The summed E-state index contributed by atoms with van der Waals surface area (Å²) in [7, 11) is 0. The van der Waals surface area contributed by atoms with E-state index >= 15 is 0 Å². The van der Waals surface area contributed by atoms with Gasteiger partial charge in [0.1, 0.15) is 6.54 Å². The molecule has 0 heterocycles. The van der Waals surface area contributed by atoms with Crippen molar-refractivity contribution in [1.29, 1.82) is 5.26 Å². The maximum Gasteiger partial charge on any atom is 0.247 e. The number of benzene rings is 3. The summed E-state index contributed by atoms with van der Waals surface area (Å²) in [5.41, 5.74) is 2.85. The molecular formula is C24H21N3O2. The Morgan fingerprint density at radius 2 is 1.34 bits per heavy atom. The lowest BCUT2D eigenvalue weighted by Gasteiger charge is -2.27. The molecule has 0 aliphatic heterocycles. The number of nitrogens with zero attached hydrogens (tertiary/aromatic N) is 3. The third kappa shape index (κ3) is 5.08. The van der Waals surface area contributed by atoms with Crippen molar-refractivity contribution in [3.8, 4) is 6.07 Å². The molecule has 0 bridgehead atoms. The number of hydrogen-bond acceptors (Lipinski definition) is 3. The first-order chi connectivity index (χ1) is 14.1. The van der Waals surface area contributed by atoms with Gasteiger partial charge in [0.15, 0.2) is 0 Å². The van der Waals surface area contributed by atoms with Gasteiger partial charge in [0.2, 0.25) is 11.8 Å². The van der Waals surface area contributed by atoms with E-state index in [1.807, 2.05) is 60.7 Å². The standard InChI is InChI=1S/C24H21N3O2/c1-19(28)26(23-14-12-20(16-25)13-15-23)18-24(29)27(22-10-6-3-7-11-22)17-21-8-4-2-5-9-21/h2-15H,17-18H2,1H3. The number of amides is 2. The maximum atomic E-state index is 13.2. The van der Waals surface area contributed by atoms with Gasteiger partial charge >= 0.3 is 0 Å². The molecule has 0 saturated carbocycles. The molecule has 2 amide bonds. The normalized spacial score (nSPS) is 10.1. The van der Waals surface area contributed by atoms with Crippen LogP contribution in [0.3, 0.4) is 0 Å². The van der Waals surface area contributed by atoms with E-state index in [1.54, 1.807) is 29.2 Å². The zero-order chi connectivity index (χ0) is 20.6. The van der Waals surface area contributed by atoms with E-state index in [-0.39, 0.29) is 18.4 Å². The Morgan fingerprint density at radius 1 is 0.793 bits per heavy atom. The minimum absolute atomic E-state index is 0.0943. The Hall–Kier alpha value is -3.91. The highest BCUT2D eigenvalue weighted by Crippen LogP contribution is 2.20. The molecule has 144 valence electrons. The van der Waals surface area contributed by atoms with Gasteiger partial charge < -0.3 is 9.80 Å². The molecule has 0 atom stereocenters. The van der Waals surface area contributed by atoms with Gasteiger partial charge in [-0.05, 0) is 42.0 Å². The summed E-state index contributed by atoms with van der Waals surface area (Å²) in [6.45, 7) is 1.74. The smallest absolute Gasteiger partial charge is 0.247 e. The van der Waals surface area contributed by atoms with Gasteiger partial charge in [-0.1, -0.05) is 48.5 Å². The van der Waals surface area contributed by atoms with Crippen LogP contribution in [0.15, 0.2) is 84.9 Å². The van der Waals surface area contributed by atoms with Crippen molar-refractivity contribution in [2.75, 3.05) is 16.3 Å². The molecule has 0 unspecified atom stereocenters. The Kier molecular flexibility index (Phi) is 6.39. The first-order valence-electron chi connectivity index (χ1n) is 9.26. The third-order valence-electron chi connectivity index (χ3n) is 4.53. The van der Waals surface area contributed by atoms with Gasteiger partial charge in [-0.25, -0.2) is 0 Å². The lowest BCUT2D eigenvalue weighted by molar-refractivity contribution is -0.121. The van der Waals surface area contributed by atoms with Crippen LogP contribution in [0.25, 0.3) is 0 Å². The molecule has 0 saturated heterocycles. The SMILES string of the molecule is CC(=O)N(CC(=O)N(Cc1ccccc1)c1ccccc1)c1ccc(C#N)cc1. The lowest BCUT2D eigenvalue weighted by Crippen LogP contribution is -2.42. The van der Waals surface area contributed by atoms with Gasteiger partial charge in [0, 0.05) is 18.3 Å². The van der Waals surface area contributed by atoms with Crippen LogP contribution in [-0.2, 0) is 16.1 Å². The number of carbonyl (C=O) groups excluding carboxylic acids is 2. The van der Waals surface area contributed by atoms with Gasteiger partial charge in [-0.15, -0.1) is 0 Å². The van der Waals surface area contributed by atoms with Gasteiger partial charge in [0.25, 0.3) is 0 Å². The van der Waals surface area contributed by atoms with E-state index in [9.17, 15) is 9.59 Å². The highest BCUT2D eigenvalue weighted by atomic mass is 16.2. The quantitative estimate of drug-likeness (QED) is 0.642. The molecule has 0 spiro atoms. The number of para-hydroxylation sites is 1. The highest BCUT2D eigenvalue weighted by molar-refractivity contribution is 6.03. The molecule has 0 N–H and O–H groups in total. The summed E-state index contributed by atoms with van der Waals surface area (Å²) in [5, 5.41) is 8.97. The molecule has 0 aromatic heterocycles. The van der Waals surface area contributed by atoms with Crippen molar-refractivity contribution in [2.45, 2.75) is 13.5 Å². The van der Waals surface area contributed by atoms with Crippen LogP contribution in [0.1, 0.15) is 18.1 Å². The van der Waals surface area contributed by atoms with Crippen LogP contribution in [0, 0.1) is 11.3 Å². The molecule has 5 nitrogen and oxygen atoms in total. The zero-order valence-corrected chi connectivity index (χ0v) is 16.2. The second kappa shape index (κ2) is 9.34. The fourth-order valence-electron chi connectivity index (χ4n) is 3.02. The number of hydrogen-bond donors (Lipinski definition) is 0. The Balaban J connectivity index is 1.87. The lowest BCUT2D eigenvalue weighted by atomic mass is 10.1. The van der Waals surface area contributed by atoms with Crippen LogP contribution in [-0.4, -0.2) is 18.4 Å². The summed E-state index contributed by atoms with van der Waals surface area (Å²) in [4.78, 5) is 28.6. The first kappa shape index (κ1) is 19.8. The van der Waals surface area contributed by atoms with Crippen molar-refractivity contribution in [3.63, 3.8) is 0 Å². The van der Waals surface area contributed by atoms with E-state index in [2.05, 4.69) is 6.07 Å². The molecule has 0 fully saturated rings. The second-order valence-corrected chi connectivity index (χ2v) is 6.56.